The first kappa shape index (κ1) is 23.7. The van der Waals surface area contributed by atoms with Crippen LogP contribution in [0.2, 0.25) is 0 Å². The SMILES string of the molecule is COC(=O)Cn1c(=NC(=O)CCCSCc2ccccc2)sc2cc(C(=O)OC)ccc21. The maximum Gasteiger partial charge on any atom is 0.337 e. The molecule has 2 aromatic carbocycles. The predicted octanol–water partition coefficient (Wildman–Crippen LogP) is 3.80. The Hall–Kier alpha value is -2.91. The predicted molar refractivity (Wildman–Crippen MR) is 126 cm³/mol. The number of nitrogens with zero attached hydrogens (tertiary/aromatic N) is 2. The zero-order valence-corrected chi connectivity index (χ0v) is 19.5. The number of thioether (sulfide) groups is 1. The van der Waals surface area contributed by atoms with Crippen LogP contribution in [0.15, 0.2) is 53.5 Å². The van der Waals surface area contributed by atoms with E-state index in [9.17, 15) is 14.4 Å². The number of ether oxygens (including phenoxy) is 2. The van der Waals surface area contributed by atoms with Crippen LogP contribution < -0.4 is 4.80 Å². The number of methoxy groups -OCH3 is 2. The number of thiazole rings is 1. The minimum Gasteiger partial charge on any atom is -0.468 e. The zero-order chi connectivity index (χ0) is 22.9. The lowest BCUT2D eigenvalue weighted by Gasteiger charge is -2.04. The Kier molecular flexibility index (Phi) is 8.64. The van der Waals surface area contributed by atoms with E-state index in [0.29, 0.717) is 28.7 Å². The molecule has 0 radical (unpaired) electrons. The molecule has 168 valence electrons. The Labute approximate surface area is 194 Å². The van der Waals surface area contributed by atoms with Gasteiger partial charge in [0, 0.05) is 12.2 Å². The van der Waals surface area contributed by atoms with Gasteiger partial charge in [0.1, 0.15) is 6.54 Å². The van der Waals surface area contributed by atoms with Crippen molar-refractivity contribution < 1.29 is 23.9 Å². The van der Waals surface area contributed by atoms with Crippen molar-refractivity contribution in [3.05, 3.63) is 64.5 Å². The van der Waals surface area contributed by atoms with Crippen LogP contribution >= 0.6 is 23.1 Å². The van der Waals surface area contributed by atoms with Gasteiger partial charge in [0.15, 0.2) is 4.80 Å². The quantitative estimate of drug-likeness (QED) is 0.348. The van der Waals surface area contributed by atoms with Gasteiger partial charge in [0.2, 0.25) is 5.91 Å². The van der Waals surface area contributed by atoms with Gasteiger partial charge in [0.05, 0.1) is 30.0 Å². The zero-order valence-electron chi connectivity index (χ0n) is 17.9. The first-order valence-corrected chi connectivity index (χ1v) is 12.0. The van der Waals surface area contributed by atoms with Crippen LogP contribution in [0.3, 0.4) is 0 Å². The van der Waals surface area contributed by atoms with Crippen molar-refractivity contribution in [2.24, 2.45) is 4.99 Å². The highest BCUT2D eigenvalue weighted by Crippen LogP contribution is 2.20. The summed E-state index contributed by atoms with van der Waals surface area (Å²) in [5, 5.41) is 0. The highest BCUT2D eigenvalue weighted by Gasteiger charge is 2.14. The molecule has 0 saturated carbocycles. The maximum absolute atomic E-state index is 12.5. The fraction of sp³-hybridized carbons (Fsp3) is 0.304. The largest absolute Gasteiger partial charge is 0.468 e. The first-order chi connectivity index (χ1) is 15.5. The number of rotatable bonds is 9. The van der Waals surface area contributed by atoms with Gasteiger partial charge in [0.25, 0.3) is 0 Å². The van der Waals surface area contributed by atoms with Crippen LogP contribution in [-0.2, 0) is 31.4 Å². The van der Waals surface area contributed by atoms with Crippen LogP contribution in [0, 0.1) is 0 Å². The van der Waals surface area contributed by atoms with Crippen molar-refractivity contribution in [2.75, 3.05) is 20.0 Å². The first-order valence-electron chi connectivity index (χ1n) is 9.99. The lowest BCUT2D eigenvalue weighted by Crippen LogP contribution is -2.22. The second-order valence-electron chi connectivity index (χ2n) is 6.87. The van der Waals surface area contributed by atoms with Gasteiger partial charge >= 0.3 is 11.9 Å². The molecule has 0 saturated heterocycles. The van der Waals surface area contributed by atoms with Crippen molar-refractivity contribution in [2.45, 2.75) is 25.1 Å². The van der Waals surface area contributed by atoms with E-state index in [-0.39, 0.29) is 12.5 Å². The Morgan fingerprint density at radius 3 is 2.56 bits per heavy atom. The van der Waals surface area contributed by atoms with Crippen LogP contribution in [0.25, 0.3) is 10.2 Å². The molecule has 0 aliphatic carbocycles. The molecular formula is C23H24N2O5S2. The lowest BCUT2D eigenvalue weighted by molar-refractivity contribution is -0.141. The van der Waals surface area contributed by atoms with Gasteiger partial charge in [-0.3, -0.25) is 9.59 Å². The molecule has 9 heteroatoms. The van der Waals surface area contributed by atoms with E-state index in [1.54, 1.807) is 34.5 Å². The number of esters is 2. The molecule has 3 aromatic rings. The van der Waals surface area contributed by atoms with Crippen molar-refractivity contribution >= 4 is 51.2 Å². The summed E-state index contributed by atoms with van der Waals surface area (Å²) < 4.78 is 11.9. The standard InChI is InChI=1S/C23H24N2O5S2/c1-29-21(27)14-25-18-11-10-17(22(28)30-2)13-19(18)32-23(25)24-20(26)9-6-12-31-15-16-7-4-3-5-8-16/h3-5,7-8,10-11,13H,6,9,12,14-15H2,1-2H3. The summed E-state index contributed by atoms with van der Waals surface area (Å²) in [6, 6.07) is 15.2. The molecule has 0 N–H and O–H groups in total. The van der Waals surface area contributed by atoms with Crippen LogP contribution in [0.5, 0.6) is 0 Å². The molecule has 1 aromatic heterocycles. The summed E-state index contributed by atoms with van der Waals surface area (Å²) in [4.78, 5) is 40.9. The third kappa shape index (κ3) is 6.30. The molecule has 0 aliphatic rings. The van der Waals surface area contributed by atoms with Crippen LogP contribution in [0.4, 0.5) is 0 Å². The van der Waals surface area contributed by atoms with Gasteiger partial charge in [-0.25, -0.2) is 4.79 Å². The molecule has 1 heterocycles. The number of fused-ring (bicyclic) bond motifs is 1. The average molecular weight is 473 g/mol. The van der Waals surface area contributed by atoms with E-state index in [1.165, 1.54) is 31.1 Å². The Morgan fingerprint density at radius 1 is 1.06 bits per heavy atom. The molecule has 32 heavy (non-hydrogen) atoms. The van der Waals surface area contributed by atoms with E-state index in [4.69, 9.17) is 9.47 Å². The summed E-state index contributed by atoms with van der Waals surface area (Å²) >= 11 is 3.02. The van der Waals surface area contributed by atoms with E-state index in [0.717, 1.165) is 16.2 Å². The maximum atomic E-state index is 12.5. The molecule has 0 unspecified atom stereocenters. The fourth-order valence-corrected chi connectivity index (χ4v) is 5.01. The van der Waals surface area contributed by atoms with Gasteiger partial charge in [-0.1, -0.05) is 41.7 Å². The molecule has 0 atom stereocenters. The van der Waals surface area contributed by atoms with Crippen molar-refractivity contribution in [3.8, 4) is 0 Å². The summed E-state index contributed by atoms with van der Waals surface area (Å²) in [5.41, 5.74) is 2.34. The van der Waals surface area contributed by atoms with E-state index in [1.807, 2.05) is 18.2 Å². The molecule has 1 amide bonds. The van der Waals surface area contributed by atoms with Crippen LogP contribution in [-0.4, -0.2) is 42.4 Å². The smallest absolute Gasteiger partial charge is 0.337 e. The van der Waals surface area contributed by atoms with E-state index >= 15 is 0 Å². The molecular weight excluding hydrogens is 448 g/mol. The number of aromatic nitrogens is 1. The van der Waals surface area contributed by atoms with E-state index < -0.39 is 11.9 Å². The summed E-state index contributed by atoms with van der Waals surface area (Å²) in [7, 11) is 2.62. The molecule has 0 fully saturated rings. The summed E-state index contributed by atoms with van der Waals surface area (Å²) in [6.07, 6.45) is 1.04. The molecule has 3 rings (SSSR count). The van der Waals surface area contributed by atoms with Gasteiger partial charge < -0.3 is 14.0 Å². The fourth-order valence-electron chi connectivity index (χ4n) is 3.00. The number of amides is 1. The minimum atomic E-state index is -0.456. The van der Waals surface area contributed by atoms with Gasteiger partial charge in [-0.15, -0.1) is 0 Å². The van der Waals surface area contributed by atoms with Crippen molar-refractivity contribution in [3.63, 3.8) is 0 Å². The Balaban J connectivity index is 1.72. The molecule has 0 spiro atoms. The average Bonchev–Trinajstić information content (AvgIpc) is 3.14. The Morgan fingerprint density at radius 2 is 1.84 bits per heavy atom. The van der Waals surface area contributed by atoms with Crippen molar-refractivity contribution in [1.82, 2.24) is 4.57 Å². The highest BCUT2D eigenvalue weighted by molar-refractivity contribution is 7.98. The normalized spacial score (nSPS) is 11.5. The second kappa shape index (κ2) is 11.6. The molecule has 0 bridgehead atoms. The number of benzene rings is 2. The number of hydrogen-bond donors (Lipinski definition) is 0. The van der Waals surface area contributed by atoms with E-state index in [2.05, 4.69) is 17.1 Å². The molecule has 0 aliphatic heterocycles. The monoisotopic (exact) mass is 472 g/mol. The van der Waals surface area contributed by atoms with Crippen molar-refractivity contribution in [1.29, 1.82) is 0 Å². The third-order valence-corrected chi connectivity index (χ3v) is 6.79. The topological polar surface area (TPSA) is 87.0 Å². The number of carbonyl (C=O) groups excluding carboxylic acids is 3. The number of hydrogen-bond acceptors (Lipinski definition) is 7. The second-order valence-corrected chi connectivity index (χ2v) is 8.98. The van der Waals surface area contributed by atoms with Gasteiger partial charge in [-0.05, 0) is 35.9 Å². The summed E-state index contributed by atoms with van der Waals surface area (Å²) in [5.74, 6) is 0.608. The molecule has 7 nitrogen and oxygen atoms in total. The minimum absolute atomic E-state index is 0.0763. The lowest BCUT2D eigenvalue weighted by atomic mass is 10.2. The van der Waals surface area contributed by atoms with Crippen LogP contribution in [0.1, 0.15) is 28.8 Å². The van der Waals surface area contributed by atoms with Gasteiger partial charge in [-0.2, -0.15) is 16.8 Å². The Bertz CT molecular complexity index is 1170. The highest BCUT2D eigenvalue weighted by atomic mass is 32.2. The summed E-state index contributed by atoms with van der Waals surface area (Å²) in [6.45, 7) is -0.0763. The third-order valence-electron chi connectivity index (χ3n) is 4.63. The number of carbonyl (C=O) groups is 3.